The predicted molar refractivity (Wildman–Crippen MR) is 88.1 cm³/mol. The molecule has 2 aromatic heterocycles. The Hall–Kier alpha value is -2.70. The van der Waals surface area contributed by atoms with Crippen molar-refractivity contribution in [3.05, 3.63) is 56.8 Å². The molecular weight excluding hydrogens is 308 g/mol. The lowest BCUT2D eigenvalue weighted by molar-refractivity contribution is 0.364. The summed E-state index contributed by atoms with van der Waals surface area (Å²) in [5, 5.41) is 4.51. The van der Waals surface area contributed by atoms with Gasteiger partial charge in [0.15, 0.2) is 5.82 Å². The fraction of sp³-hybridized carbons (Fsp3) is 0.412. The summed E-state index contributed by atoms with van der Waals surface area (Å²) in [7, 11) is 0. The van der Waals surface area contributed by atoms with Crippen LogP contribution < -0.4 is 11.2 Å². The van der Waals surface area contributed by atoms with Gasteiger partial charge in [0.25, 0.3) is 5.56 Å². The number of benzene rings is 1. The minimum absolute atomic E-state index is 0.170. The Morgan fingerprint density at radius 2 is 2.00 bits per heavy atom. The van der Waals surface area contributed by atoms with E-state index in [4.69, 9.17) is 4.52 Å². The van der Waals surface area contributed by atoms with Gasteiger partial charge in [-0.15, -0.1) is 0 Å². The first kappa shape index (κ1) is 14.9. The Bertz CT molecular complexity index is 1010. The van der Waals surface area contributed by atoms with Gasteiger partial charge in [-0.05, 0) is 31.4 Å². The summed E-state index contributed by atoms with van der Waals surface area (Å²) in [5.41, 5.74) is -0.00403. The van der Waals surface area contributed by atoms with Crippen LogP contribution in [0.25, 0.3) is 10.9 Å². The normalized spacial score (nSPS) is 14.4. The molecule has 1 aromatic carbocycles. The molecule has 7 heteroatoms. The molecule has 0 unspecified atom stereocenters. The van der Waals surface area contributed by atoms with Crippen LogP contribution in [0, 0.1) is 0 Å². The first-order chi connectivity index (χ1) is 11.7. The molecule has 0 bridgehead atoms. The summed E-state index contributed by atoms with van der Waals surface area (Å²) in [6.45, 7) is 2.49. The molecule has 1 fully saturated rings. The molecule has 4 rings (SSSR count). The standard InChI is InChI=1S/C17H18N4O3/c1-2-9-20-16(22)12-5-3-4-6-13(12)21(17(20)23)10-14-18-15(19-24-14)11-7-8-11/h3-6,11H,2,7-10H2,1H3. The summed E-state index contributed by atoms with van der Waals surface area (Å²) < 4.78 is 8.11. The van der Waals surface area contributed by atoms with Crippen molar-refractivity contribution in [2.75, 3.05) is 0 Å². The van der Waals surface area contributed by atoms with E-state index in [-0.39, 0.29) is 17.8 Å². The van der Waals surface area contributed by atoms with E-state index >= 15 is 0 Å². The smallest absolute Gasteiger partial charge is 0.331 e. The maximum atomic E-state index is 12.8. The lowest BCUT2D eigenvalue weighted by Crippen LogP contribution is -2.40. The van der Waals surface area contributed by atoms with Crippen molar-refractivity contribution >= 4 is 10.9 Å². The molecule has 0 N–H and O–H groups in total. The largest absolute Gasteiger partial charge is 0.337 e. The summed E-state index contributed by atoms with van der Waals surface area (Å²) in [4.78, 5) is 29.7. The Morgan fingerprint density at radius 1 is 1.21 bits per heavy atom. The van der Waals surface area contributed by atoms with Gasteiger partial charge in [-0.1, -0.05) is 24.2 Å². The molecule has 1 aliphatic carbocycles. The van der Waals surface area contributed by atoms with Gasteiger partial charge in [0.1, 0.15) is 6.54 Å². The molecule has 1 saturated carbocycles. The van der Waals surface area contributed by atoms with Crippen molar-refractivity contribution in [3.8, 4) is 0 Å². The third-order valence-electron chi connectivity index (χ3n) is 4.30. The van der Waals surface area contributed by atoms with E-state index in [0.29, 0.717) is 41.5 Å². The number of fused-ring (bicyclic) bond motifs is 1. The third kappa shape index (κ3) is 2.46. The topological polar surface area (TPSA) is 82.9 Å². The van der Waals surface area contributed by atoms with Crippen molar-refractivity contribution in [1.29, 1.82) is 0 Å². The summed E-state index contributed by atoms with van der Waals surface area (Å²) in [6.07, 6.45) is 2.88. The second-order valence-electron chi connectivity index (χ2n) is 6.16. The van der Waals surface area contributed by atoms with Crippen LogP contribution in [0.5, 0.6) is 0 Å². The molecule has 1 aliphatic rings. The molecule has 0 spiro atoms. The van der Waals surface area contributed by atoms with Crippen LogP contribution in [0.2, 0.25) is 0 Å². The number of rotatable bonds is 5. The number of nitrogens with zero attached hydrogens (tertiary/aromatic N) is 4. The molecule has 0 radical (unpaired) electrons. The fourth-order valence-electron chi connectivity index (χ4n) is 2.92. The first-order valence-corrected chi connectivity index (χ1v) is 8.24. The van der Waals surface area contributed by atoms with E-state index in [1.165, 1.54) is 9.13 Å². The van der Waals surface area contributed by atoms with E-state index in [2.05, 4.69) is 10.1 Å². The highest BCUT2D eigenvalue weighted by Gasteiger charge is 2.29. The van der Waals surface area contributed by atoms with Crippen molar-refractivity contribution in [3.63, 3.8) is 0 Å². The minimum Gasteiger partial charge on any atom is -0.337 e. The maximum absolute atomic E-state index is 12.8. The monoisotopic (exact) mass is 326 g/mol. The zero-order valence-electron chi connectivity index (χ0n) is 13.4. The van der Waals surface area contributed by atoms with Gasteiger partial charge in [0, 0.05) is 12.5 Å². The summed E-state index contributed by atoms with van der Waals surface area (Å²) in [6, 6.07) is 7.12. The van der Waals surface area contributed by atoms with Crippen LogP contribution in [0.15, 0.2) is 38.4 Å². The lowest BCUT2D eigenvalue weighted by atomic mass is 10.2. The highest BCUT2D eigenvalue weighted by atomic mass is 16.5. The van der Waals surface area contributed by atoms with Crippen LogP contribution in [0.1, 0.15) is 43.8 Å². The molecule has 0 aliphatic heterocycles. The summed E-state index contributed by atoms with van der Waals surface area (Å²) in [5.74, 6) is 1.50. The highest BCUT2D eigenvalue weighted by Crippen LogP contribution is 2.38. The van der Waals surface area contributed by atoms with E-state index in [0.717, 1.165) is 12.8 Å². The third-order valence-corrected chi connectivity index (χ3v) is 4.30. The van der Waals surface area contributed by atoms with Crippen LogP contribution in [-0.4, -0.2) is 19.3 Å². The zero-order chi connectivity index (χ0) is 16.7. The Balaban J connectivity index is 1.86. The van der Waals surface area contributed by atoms with Gasteiger partial charge in [0.05, 0.1) is 10.9 Å². The molecule has 2 heterocycles. The Labute approximate surface area is 137 Å². The fourth-order valence-corrected chi connectivity index (χ4v) is 2.92. The average Bonchev–Trinajstić information content (AvgIpc) is 3.35. The van der Waals surface area contributed by atoms with E-state index in [1.807, 2.05) is 13.0 Å². The second-order valence-corrected chi connectivity index (χ2v) is 6.16. The average molecular weight is 326 g/mol. The molecule has 124 valence electrons. The Kier molecular flexibility index (Phi) is 3.55. The zero-order valence-corrected chi connectivity index (χ0v) is 13.4. The van der Waals surface area contributed by atoms with Gasteiger partial charge in [-0.3, -0.25) is 13.9 Å². The second kappa shape index (κ2) is 5.74. The molecule has 0 amide bonds. The van der Waals surface area contributed by atoms with Gasteiger partial charge in [0.2, 0.25) is 5.89 Å². The molecule has 7 nitrogen and oxygen atoms in total. The van der Waals surface area contributed by atoms with Gasteiger partial charge in [-0.25, -0.2) is 4.79 Å². The maximum Gasteiger partial charge on any atom is 0.331 e. The van der Waals surface area contributed by atoms with Crippen LogP contribution in [0.4, 0.5) is 0 Å². The van der Waals surface area contributed by atoms with Crippen molar-refractivity contribution < 1.29 is 4.52 Å². The molecule has 0 saturated heterocycles. The van der Waals surface area contributed by atoms with E-state index < -0.39 is 0 Å². The number of hydrogen-bond donors (Lipinski definition) is 0. The summed E-state index contributed by atoms with van der Waals surface area (Å²) >= 11 is 0. The SMILES string of the molecule is CCCn1c(=O)c2ccccc2n(Cc2nc(C3CC3)no2)c1=O. The lowest BCUT2D eigenvalue weighted by Gasteiger charge is -2.12. The van der Waals surface area contributed by atoms with Crippen molar-refractivity contribution in [1.82, 2.24) is 19.3 Å². The minimum atomic E-state index is -0.341. The van der Waals surface area contributed by atoms with Crippen LogP contribution in [-0.2, 0) is 13.1 Å². The van der Waals surface area contributed by atoms with Gasteiger partial charge in [-0.2, -0.15) is 4.98 Å². The highest BCUT2D eigenvalue weighted by molar-refractivity contribution is 5.77. The molecular formula is C17H18N4O3. The molecule has 0 atom stereocenters. The quantitative estimate of drug-likeness (QED) is 0.715. The van der Waals surface area contributed by atoms with E-state index in [9.17, 15) is 9.59 Å². The Morgan fingerprint density at radius 3 is 2.75 bits per heavy atom. The van der Waals surface area contributed by atoms with Gasteiger partial charge < -0.3 is 4.52 Å². The number of aromatic nitrogens is 4. The van der Waals surface area contributed by atoms with Crippen molar-refractivity contribution in [2.24, 2.45) is 0 Å². The van der Waals surface area contributed by atoms with Crippen LogP contribution >= 0.6 is 0 Å². The van der Waals surface area contributed by atoms with Gasteiger partial charge >= 0.3 is 5.69 Å². The van der Waals surface area contributed by atoms with E-state index in [1.54, 1.807) is 18.2 Å². The first-order valence-electron chi connectivity index (χ1n) is 8.24. The van der Waals surface area contributed by atoms with Crippen LogP contribution in [0.3, 0.4) is 0 Å². The molecule has 3 aromatic rings. The number of para-hydroxylation sites is 1. The molecule has 24 heavy (non-hydrogen) atoms. The number of hydrogen-bond acceptors (Lipinski definition) is 5. The van der Waals surface area contributed by atoms with Crippen molar-refractivity contribution in [2.45, 2.75) is 45.2 Å². The predicted octanol–water partition coefficient (Wildman–Crippen LogP) is 1.88.